The van der Waals surface area contributed by atoms with Crippen LogP contribution in [0.15, 0.2) is 12.2 Å². The van der Waals surface area contributed by atoms with Crippen molar-refractivity contribution >= 4 is 0 Å². The number of allylic oxidation sites excluding steroid dienone is 1. The van der Waals surface area contributed by atoms with Gasteiger partial charge in [-0.2, -0.15) is 0 Å². The first-order valence-electron chi connectivity index (χ1n) is 6.84. The lowest BCUT2D eigenvalue weighted by Crippen LogP contribution is -2.37. The Bertz CT molecular complexity index is 173. The summed E-state index contributed by atoms with van der Waals surface area (Å²) in [6.07, 6.45) is 8.74. The van der Waals surface area contributed by atoms with Crippen LogP contribution in [-0.4, -0.2) is 25.8 Å². The summed E-state index contributed by atoms with van der Waals surface area (Å²) in [6.45, 7) is 9.74. The predicted molar refractivity (Wildman–Crippen MR) is 70.9 cm³/mol. The van der Waals surface area contributed by atoms with Gasteiger partial charge in [0.2, 0.25) is 0 Å². The van der Waals surface area contributed by atoms with E-state index in [0.717, 1.165) is 6.42 Å². The lowest BCUT2D eigenvalue weighted by Gasteiger charge is -2.29. The Kier molecular flexibility index (Phi) is 10.5. The molecule has 0 amide bonds. The average molecular weight is 244 g/mol. The third-order valence-electron chi connectivity index (χ3n) is 2.33. The van der Waals surface area contributed by atoms with Gasteiger partial charge in [0.15, 0.2) is 0 Å². The molecular formula is C14H28O3. The fourth-order valence-corrected chi connectivity index (χ4v) is 1.61. The minimum atomic E-state index is -0.982. The van der Waals surface area contributed by atoms with Crippen LogP contribution >= 0.6 is 0 Å². The summed E-state index contributed by atoms with van der Waals surface area (Å²) in [6, 6.07) is 0. The summed E-state index contributed by atoms with van der Waals surface area (Å²) in [5, 5.41) is 0. The number of hydrogen-bond donors (Lipinski definition) is 0. The molecule has 3 nitrogen and oxygen atoms in total. The van der Waals surface area contributed by atoms with Gasteiger partial charge in [0, 0.05) is 25.9 Å². The smallest absolute Gasteiger partial charge is 0.304 e. The molecule has 0 atom stereocenters. The third-order valence-corrected chi connectivity index (χ3v) is 2.33. The molecule has 0 aliphatic carbocycles. The van der Waals surface area contributed by atoms with Crippen molar-refractivity contribution in [2.45, 2.75) is 59.4 Å². The van der Waals surface area contributed by atoms with Gasteiger partial charge < -0.3 is 14.2 Å². The molecule has 0 rings (SSSR count). The van der Waals surface area contributed by atoms with Crippen LogP contribution in [0.1, 0.15) is 53.4 Å². The van der Waals surface area contributed by atoms with Crippen molar-refractivity contribution in [3.05, 3.63) is 12.2 Å². The van der Waals surface area contributed by atoms with Crippen molar-refractivity contribution in [2.75, 3.05) is 19.8 Å². The number of unbranched alkanes of at least 4 members (excludes halogenated alkanes) is 3. The van der Waals surface area contributed by atoms with Gasteiger partial charge in [0.05, 0.1) is 0 Å². The van der Waals surface area contributed by atoms with E-state index in [1.54, 1.807) is 0 Å². The van der Waals surface area contributed by atoms with E-state index in [1.807, 2.05) is 26.8 Å². The second kappa shape index (κ2) is 10.8. The molecule has 0 N–H and O–H groups in total. The number of ether oxygens (including phenoxy) is 3. The highest BCUT2D eigenvalue weighted by Gasteiger charge is 2.28. The van der Waals surface area contributed by atoms with Gasteiger partial charge in [0.1, 0.15) is 0 Å². The molecule has 0 radical (unpaired) electrons. The maximum absolute atomic E-state index is 5.59. The largest absolute Gasteiger partial charge is 0.324 e. The zero-order valence-corrected chi connectivity index (χ0v) is 11.8. The van der Waals surface area contributed by atoms with E-state index in [-0.39, 0.29) is 0 Å². The lowest BCUT2D eigenvalue weighted by atomic mass is 10.2. The first kappa shape index (κ1) is 16.6. The average Bonchev–Trinajstić information content (AvgIpc) is 2.30. The van der Waals surface area contributed by atoms with Gasteiger partial charge in [-0.1, -0.05) is 25.8 Å². The highest BCUT2D eigenvalue weighted by atomic mass is 16.9. The Balaban J connectivity index is 4.31. The molecule has 0 fully saturated rings. The maximum Gasteiger partial charge on any atom is 0.304 e. The fourth-order valence-electron chi connectivity index (χ4n) is 1.61. The molecule has 3 heteroatoms. The van der Waals surface area contributed by atoms with Crippen LogP contribution in [0.25, 0.3) is 0 Å². The summed E-state index contributed by atoms with van der Waals surface area (Å²) in [7, 11) is 0. The molecule has 0 saturated carbocycles. The van der Waals surface area contributed by atoms with E-state index in [2.05, 4.69) is 13.0 Å². The van der Waals surface area contributed by atoms with E-state index < -0.39 is 5.97 Å². The fraction of sp³-hybridized carbons (Fsp3) is 0.857. The van der Waals surface area contributed by atoms with Crippen LogP contribution < -0.4 is 0 Å². The Hall–Kier alpha value is -0.380. The highest BCUT2D eigenvalue weighted by Crippen LogP contribution is 2.18. The van der Waals surface area contributed by atoms with Crippen LogP contribution in [0.3, 0.4) is 0 Å². The molecule has 0 aromatic rings. The van der Waals surface area contributed by atoms with Crippen LogP contribution in [0.5, 0.6) is 0 Å². The first-order valence-corrected chi connectivity index (χ1v) is 6.84. The third kappa shape index (κ3) is 7.53. The minimum absolute atomic E-state index is 0.569. The van der Waals surface area contributed by atoms with Gasteiger partial charge in [-0.3, -0.25) is 0 Å². The Morgan fingerprint density at radius 1 is 0.824 bits per heavy atom. The van der Waals surface area contributed by atoms with E-state index in [9.17, 15) is 0 Å². The van der Waals surface area contributed by atoms with E-state index in [0.29, 0.717) is 19.8 Å². The summed E-state index contributed by atoms with van der Waals surface area (Å²) >= 11 is 0. The van der Waals surface area contributed by atoms with Crippen molar-refractivity contribution in [1.29, 1.82) is 0 Å². The topological polar surface area (TPSA) is 27.7 Å². The molecule has 0 aliphatic heterocycles. The van der Waals surface area contributed by atoms with Gasteiger partial charge in [-0.05, 0) is 33.6 Å². The molecule has 0 spiro atoms. The van der Waals surface area contributed by atoms with Gasteiger partial charge in [-0.25, -0.2) is 0 Å². The summed E-state index contributed by atoms with van der Waals surface area (Å²) < 4.78 is 16.8. The van der Waals surface area contributed by atoms with Crippen molar-refractivity contribution in [3.63, 3.8) is 0 Å². The molecule has 0 aromatic heterocycles. The lowest BCUT2D eigenvalue weighted by molar-refractivity contribution is -0.345. The Morgan fingerprint density at radius 2 is 1.35 bits per heavy atom. The monoisotopic (exact) mass is 244 g/mol. The molecular weight excluding hydrogens is 216 g/mol. The van der Waals surface area contributed by atoms with Crippen molar-refractivity contribution in [2.24, 2.45) is 0 Å². The molecule has 0 aliphatic rings. The van der Waals surface area contributed by atoms with Crippen LogP contribution in [0, 0.1) is 0 Å². The molecule has 0 heterocycles. The first-order chi connectivity index (χ1) is 8.24. The van der Waals surface area contributed by atoms with E-state index >= 15 is 0 Å². The van der Waals surface area contributed by atoms with E-state index in [4.69, 9.17) is 14.2 Å². The Labute approximate surface area is 106 Å². The normalized spacial score (nSPS) is 12.5. The number of rotatable bonds is 11. The van der Waals surface area contributed by atoms with Crippen LogP contribution in [0.2, 0.25) is 0 Å². The summed E-state index contributed by atoms with van der Waals surface area (Å²) in [5.41, 5.74) is 0. The zero-order chi connectivity index (χ0) is 13.0. The second-order valence-electron chi connectivity index (χ2n) is 3.80. The molecule has 0 bridgehead atoms. The quantitative estimate of drug-likeness (QED) is 0.313. The maximum atomic E-state index is 5.59. The molecule has 102 valence electrons. The second-order valence-corrected chi connectivity index (χ2v) is 3.80. The van der Waals surface area contributed by atoms with Gasteiger partial charge in [0.25, 0.3) is 0 Å². The van der Waals surface area contributed by atoms with Crippen LogP contribution in [0.4, 0.5) is 0 Å². The van der Waals surface area contributed by atoms with Crippen LogP contribution in [-0.2, 0) is 14.2 Å². The zero-order valence-electron chi connectivity index (χ0n) is 11.8. The SMILES string of the molecule is CCCCC/C=C/C(OCC)(OCC)OCC. The highest BCUT2D eigenvalue weighted by molar-refractivity contribution is 4.91. The molecule has 0 unspecified atom stereocenters. The predicted octanol–water partition coefficient (Wildman–Crippen LogP) is 3.89. The van der Waals surface area contributed by atoms with Gasteiger partial charge >= 0.3 is 5.97 Å². The number of hydrogen-bond acceptors (Lipinski definition) is 3. The molecule has 0 aromatic carbocycles. The van der Waals surface area contributed by atoms with Crippen molar-refractivity contribution in [1.82, 2.24) is 0 Å². The van der Waals surface area contributed by atoms with Gasteiger partial charge in [-0.15, -0.1) is 0 Å². The standard InChI is InChI=1S/C14H28O3/c1-5-9-10-11-12-13-14(15-6-2,16-7-3)17-8-4/h12-13H,5-11H2,1-4H3/b13-12+. The minimum Gasteiger partial charge on any atom is -0.324 e. The van der Waals surface area contributed by atoms with Crippen molar-refractivity contribution in [3.8, 4) is 0 Å². The van der Waals surface area contributed by atoms with E-state index in [1.165, 1.54) is 19.3 Å². The molecule has 17 heavy (non-hydrogen) atoms. The Morgan fingerprint density at radius 3 is 1.76 bits per heavy atom. The summed E-state index contributed by atoms with van der Waals surface area (Å²) in [5.74, 6) is -0.982. The summed E-state index contributed by atoms with van der Waals surface area (Å²) in [4.78, 5) is 0. The molecule has 0 saturated heterocycles. The van der Waals surface area contributed by atoms with Crippen molar-refractivity contribution < 1.29 is 14.2 Å².